The molecule has 0 aromatic heterocycles. The number of hydrogen-bond acceptors (Lipinski definition) is 2. The Morgan fingerprint density at radius 1 is 1.06 bits per heavy atom. The summed E-state index contributed by atoms with van der Waals surface area (Å²) in [7, 11) is 0. The number of fused-ring (bicyclic) bond motifs is 2. The Bertz CT molecular complexity index is 337. The first-order valence-electron chi connectivity index (χ1n) is 6.27. The lowest BCUT2D eigenvalue weighted by Gasteiger charge is -2.35. The van der Waals surface area contributed by atoms with Crippen molar-refractivity contribution in [1.29, 1.82) is 0 Å². The number of rotatable bonds is 2. The molecule has 1 unspecified atom stereocenters. The van der Waals surface area contributed by atoms with Crippen molar-refractivity contribution in [3.8, 4) is 0 Å². The number of benzene rings is 1. The molecule has 16 heavy (non-hydrogen) atoms. The van der Waals surface area contributed by atoms with E-state index in [9.17, 15) is 5.11 Å². The lowest BCUT2D eigenvalue weighted by Crippen LogP contribution is -2.44. The molecule has 2 nitrogen and oxygen atoms in total. The first-order valence-corrected chi connectivity index (χ1v) is 6.27. The Labute approximate surface area is 96.9 Å². The Morgan fingerprint density at radius 3 is 2.31 bits per heavy atom. The van der Waals surface area contributed by atoms with Crippen molar-refractivity contribution in [1.82, 2.24) is 4.90 Å². The van der Waals surface area contributed by atoms with Crippen LogP contribution in [0.3, 0.4) is 0 Å². The molecule has 3 atom stereocenters. The molecule has 1 aromatic rings. The standard InChI is InChI=1S/C14H19NO/c16-14-12-6-7-13(14)10-15(9-12)8-11-4-2-1-3-5-11/h1-5,12-14,16H,6-10H2/t12-,13+,14?. The van der Waals surface area contributed by atoms with Crippen LogP contribution in [-0.2, 0) is 6.54 Å². The normalized spacial score (nSPS) is 34.2. The molecule has 0 radical (unpaired) electrons. The van der Waals surface area contributed by atoms with E-state index in [-0.39, 0.29) is 6.10 Å². The van der Waals surface area contributed by atoms with Gasteiger partial charge in [-0.3, -0.25) is 4.90 Å². The van der Waals surface area contributed by atoms with Crippen LogP contribution in [0.2, 0.25) is 0 Å². The van der Waals surface area contributed by atoms with Crippen LogP contribution in [0, 0.1) is 11.8 Å². The number of aliphatic hydroxyl groups is 1. The fraction of sp³-hybridized carbons (Fsp3) is 0.571. The Hall–Kier alpha value is -0.860. The molecule has 1 aliphatic carbocycles. The monoisotopic (exact) mass is 217 g/mol. The first-order chi connectivity index (χ1) is 7.83. The predicted octanol–water partition coefficient (Wildman–Crippen LogP) is 1.89. The van der Waals surface area contributed by atoms with Gasteiger partial charge in [0, 0.05) is 19.6 Å². The predicted molar refractivity (Wildman–Crippen MR) is 63.9 cm³/mol. The van der Waals surface area contributed by atoms with Gasteiger partial charge in [0.25, 0.3) is 0 Å². The summed E-state index contributed by atoms with van der Waals surface area (Å²) in [5.41, 5.74) is 1.39. The van der Waals surface area contributed by atoms with E-state index in [0.29, 0.717) is 11.8 Å². The van der Waals surface area contributed by atoms with E-state index < -0.39 is 0 Å². The summed E-state index contributed by atoms with van der Waals surface area (Å²) in [4.78, 5) is 2.50. The largest absolute Gasteiger partial charge is 0.392 e. The van der Waals surface area contributed by atoms with Crippen molar-refractivity contribution >= 4 is 0 Å². The number of aliphatic hydroxyl groups excluding tert-OH is 1. The van der Waals surface area contributed by atoms with Gasteiger partial charge in [-0.25, -0.2) is 0 Å². The zero-order valence-electron chi connectivity index (χ0n) is 9.55. The van der Waals surface area contributed by atoms with Crippen molar-refractivity contribution in [2.24, 2.45) is 11.8 Å². The molecule has 2 bridgehead atoms. The highest BCUT2D eigenvalue weighted by molar-refractivity contribution is 5.14. The fourth-order valence-corrected chi connectivity index (χ4v) is 3.26. The van der Waals surface area contributed by atoms with Crippen molar-refractivity contribution < 1.29 is 5.11 Å². The van der Waals surface area contributed by atoms with Gasteiger partial charge in [-0.2, -0.15) is 0 Å². The van der Waals surface area contributed by atoms with Gasteiger partial charge < -0.3 is 5.11 Å². The molecule has 2 aliphatic rings. The maximum absolute atomic E-state index is 9.97. The smallest absolute Gasteiger partial charge is 0.0620 e. The lowest BCUT2D eigenvalue weighted by atomic mass is 9.95. The highest BCUT2D eigenvalue weighted by Gasteiger charge is 2.40. The van der Waals surface area contributed by atoms with E-state index in [1.165, 1.54) is 18.4 Å². The minimum Gasteiger partial charge on any atom is -0.392 e. The van der Waals surface area contributed by atoms with Gasteiger partial charge in [0.05, 0.1) is 6.10 Å². The van der Waals surface area contributed by atoms with Gasteiger partial charge >= 0.3 is 0 Å². The second-order valence-electron chi connectivity index (χ2n) is 5.27. The second-order valence-corrected chi connectivity index (χ2v) is 5.27. The molecular weight excluding hydrogens is 198 g/mol. The molecule has 0 spiro atoms. The molecule has 1 saturated heterocycles. The summed E-state index contributed by atoms with van der Waals surface area (Å²) in [6, 6.07) is 10.6. The van der Waals surface area contributed by atoms with E-state index in [1.807, 2.05) is 0 Å². The molecule has 2 fully saturated rings. The van der Waals surface area contributed by atoms with Crippen LogP contribution in [0.4, 0.5) is 0 Å². The summed E-state index contributed by atoms with van der Waals surface area (Å²) in [5.74, 6) is 1.06. The van der Waals surface area contributed by atoms with Crippen LogP contribution in [0.5, 0.6) is 0 Å². The highest BCUT2D eigenvalue weighted by atomic mass is 16.3. The second kappa shape index (κ2) is 4.19. The Morgan fingerprint density at radius 2 is 1.69 bits per heavy atom. The van der Waals surface area contributed by atoms with Gasteiger partial charge in [-0.15, -0.1) is 0 Å². The van der Waals surface area contributed by atoms with Gasteiger partial charge in [0.15, 0.2) is 0 Å². The van der Waals surface area contributed by atoms with Gasteiger partial charge in [0.2, 0.25) is 0 Å². The molecule has 0 amide bonds. The molecular formula is C14H19NO. The molecule has 1 heterocycles. The minimum atomic E-state index is -0.0213. The highest BCUT2D eigenvalue weighted by Crippen LogP contribution is 2.37. The lowest BCUT2D eigenvalue weighted by molar-refractivity contribution is 0.0139. The quantitative estimate of drug-likeness (QED) is 0.817. The zero-order chi connectivity index (χ0) is 11.0. The molecule has 1 saturated carbocycles. The first kappa shape index (κ1) is 10.3. The van der Waals surface area contributed by atoms with Crippen LogP contribution in [0.25, 0.3) is 0 Å². The zero-order valence-corrected chi connectivity index (χ0v) is 9.55. The van der Waals surface area contributed by atoms with Crippen molar-refractivity contribution in [2.75, 3.05) is 13.1 Å². The maximum Gasteiger partial charge on any atom is 0.0620 e. The van der Waals surface area contributed by atoms with Crippen molar-refractivity contribution in [3.05, 3.63) is 35.9 Å². The van der Waals surface area contributed by atoms with E-state index in [4.69, 9.17) is 0 Å². The number of nitrogens with zero attached hydrogens (tertiary/aromatic N) is 1. The minimum absolute atomic E-state index is 0.0213. The summed E-state index contributed by atoms with van der Waals surface area (Å²) < 4.78 is 0. The number of hydrogen-bond donors (Lipinski definition) is 1. The third kappa shape index (κ3) is 1.87. The molecule has 1 aliphatic heterocycles. The summed E-state index contributed by atoms with van der Waals surface area (Å²) in [6.45, 7) is 3.19. The topological polar surface area (TPSA) is 23.5 Å². The maximum atomic E-state index is 9.97. The third-order valence-corrected chi connectivity index (χ3v) is 4.11. The van der Waals surface area contributed by atoms with Crippen LogP contribution in [0.15, 0.2) is 30.3 Å². The average Bonchev–Trinajstić information content (AvgIpc) is 2.54. The summed E-state index contributed by atoms with van der Waals surface area (Å²) >= 11 is 0. The average molecular weight is 217 g/mol. The molecule has 86 valence electrons. The molecule has 2 heteroatoms. The van der Waals surface area contributed by atoms with Crippen LogP contribution >= 0.6 is 0 Å². The summed E-state index contributed by atoms with van der Waals surface area (Å²) in [6.07, 6.45) is 2.42. The van der Waals surface area contributed by atoms with E-state index in [2.05, 4.69) is 35.2 Å². The van der Waals surface area contributed by atoms with Crippen LogP contribution in [-0.4, -0.2) is 29.2 Å². The van der Waals surface area contributed by atoms with E-state index in [1.54, 1.807) is 0 Å². The van der Waals surface area contributed by atoms with Crippen molar-refractivity contribution in [3.63, 3.8) is 0 Å². The van der Waals surface area contributed by atoms with Crippen LogP contribution in [0.1, 0.15) is 18.4 Å². The summed E-state index contributed by atoms with van der Waals surface area (Å²) in [5, 5.41) is 9.97. The molecule has 3 rings (SSSR count). The Kier molecular flexibility index (Phi) is 2.70. The van der Waals surface area contributed by atoms with Crippen LogP contribution < -0.4 is 0 Å². The molecule has 1 aromatic carbocycles. The Balaban J connectivity index is 1.66. The number of likely N-dealkylation sites (tertiary alicyclic amines) is 1. The number of piperidine rings is 1. The van der Waals surface area contributed by atoms with E-state index >= 15 is 0 Å². The van der Waals surface area contributed by atoms with Gasteiger partial charge in [-0.05, 0) is 30.2 Å². The van der Waals surface area contributed by atoms with Gasteiger partial charge in [-0.1, -0.05) is 30.3 Å². The van der Waals surface area contributed by atoms with E-state index in [0.717, 1.165) is 19.6 Å². The molecule has 1 N–H and O–H groups in total. The van der Waals surface area contributed by atoms with Crippen molar-refractivity contribution in [2.45, 2.75) is 25.5 Å². The SMILES string of the molecule is OC1[C@@H]2CC[C@H]1CN(Cc1ccccc1)C2. The van der Waals surface area contributed by atoms with Gasteiger partial charge in [0.1, 0.15) is 0 Å². The third-order valence-electron chi connectivity index (χ3n) is 4.11. The fourth-order valence-electron chi connectivity index (χ4n) is 3.26.